The standard InChI is InChI=1S/C20H22N2O2S/c1-15(23)16-7-9-17(10-8-16)21-11-13-22(14-12-21)20(24)18-5-3-4-6-19(18)25-2/h3-10H,11-14H2,1-2H3. The monoisotopic (exact) mass is 354 g/mol. The lowest BCUT2D eigenvalue weighted by atomic mass is 10.1. The molecule has 2 aromatic carbocycles. The van der Waals surface area contributed by atoms with Crippen molar-refractivity contribution in [3.63, 3.8) is 0 Å². The van der Waals surface area contributed by atoms with Crippen molar-refractivity contribution in [1.29, 1.82) is 0 Å². The zero-order valence-electron chi connectivity index (χ0n) is 14.6. The fourth-order valence-corrected chi connectivity index (χ4v) is 3.66. The SMILES string of the molecule is CSc1ccccc1C(=O)N1CCN(c2ccc(C(C)=O)cc2)CC1. The molecule has 1 amide bonds. The van der Waals surface area contributed by atoms with Crippen molar-refractivity contribution in [2.45, 2.75) is 11.8 Å². The molecule has 1 heterocycles. The first kappa shape index (κ1) is 17.5. The van der Waals surface area contributed by atoms with Crippen LogP contribution in [0.4, 0.5) is 5.69 Å². The third-order valence-corrected chi connectivity index (χ3v) is 5.34. The average molecular weight is 354 g/mol. The molecule has 1 fully saturated rings. The van der Waals surface area contributed by atoms with Crippen LogP contribution in [-0.2, 0) is 0 Å². The summed E-state index contributed by atoms with van der Waals surface area (Å²) in [5.74, 6) is 0.186. The normalized spacial score (nSPS) is 14.5. The van der Waals surface area contributed by atoms with Gasteiger partial charge in [0.05, 0.1) is 5.56 Å². The first-order chi connectivity index (χ1) is 12.1. The zero-order chi connectivity index (χ0) is 17.8. The maximum absolute atomic E-state index is 12.8. The average Bonchev–Trinajstić information content (AvgIpc) is 2.67. The minimum Gasteiger partial charge on any atom is -0.368 e. The minimum atomic E-state index is 0.0782. The van der Waals surface area contributed by atoms with E-state index >= 15 is 0 Å². The number of ketones is 1. The summed E-state index contributed by atoms with van der Waals surface area (Å²) in [5.41, 5.74) is 2.61. The molecule has 0 radical (unpaired) electrons. The highest BCUT2D eigenvalue weighted by Gasteiger charge is 2.23. The second kappa shape index (κ2) is 7.74. The van der Waals surface area contributed by atoms with Crippen LogP contribution in [0.5, 0.6) is 0 Å². The highest BCUT2D eigenvalue weighted by Crippen LogP contribution is 2.23. The Hall–Kier alpha value is -2.27. The molecule has 1 saturated heterocycles. The van der Waals surface area contributed by atoms with Crippen LogP contribution in [0.25, 0.3) is 0 Å². The Morgan fingerprint density at radius 1 is 0.920 bits per heavy atom. The van der Waals surface area contributed by atoms with Crippen molar-refractivity contribution in [2.75, 3.05) is 37.3 Å². The summed E-state index contributed by atoms with van der Waals surface area (Å²) in [6.07, 6.45) is 1.99. The number of anilines is 1. The van der Waals surface area contributed by atoms with Crippen molar-refractivity contribution >= 4 is 29.1 Å². The number of piperazine rings is 1. The molecule has 3 rings (SSSR count). The minimum absolute atomic E-state index is 0.0782. The number of hydrogen-bond donors (Lipinski definition) is 0. The lowest BCUT2D eigenvalue weighted by Gasteiger charge is -2.36. The molecular weight excluding hydrogens is 332 g/mol. The third kappa shape index (κ3) is 3.87. The summed E-state index contributed by atoms with van der Waals surface area (Å²) in [4.78, 5) is 29.4. The molecular formula is C20H22N2O2S. The van der Waals surface area contributed by atoms with E-state index in [0.29, 0.717) is 13.1 Å². The topological polar surface area (TPSA) is 40.6 Å². The van der Waals surface area contributed by atoms with E-state index in [0.717, 1.165) is 34.8 Å². The summed E-state index contributed by atoms with van der Waals surface area (Å²) < 4.78 is 0. The smallest absolute Gasteiger partial charge is 0.255 e. The lowest BCUT2D eigenvalue weighted by Crippen LogP contribution is -2.48. The van der Waals surface area contributed by atoms with E-state index in [9.17, 15) is 9.59 Å². The molecule has 0 atom stereocenters. The Labute approximate surface area is 152 Å². The number of nitrogens with zero attached hydrogens (tertiary/aromatic N) is 2. The summed E-state index contributed by atoms with van der Waals surface area (Å²) >= 11 is 1.60. The Morgan fingerprint density at radius 2 is 1.56 bits per heavy atom. The van der Waals surface area contributed by atoms with Gasteiger partial charge in [-0.25, -0.2) is 0 Å². The number of hydrogen-bond acceptors (Lipinski definition) is 4. The van der Waals surface area contributed by atoms with Crippen molar-refractivity contribution in [2.24, 2.45) is 0 Å². The van der Waals surface area contributed by atoms with Crippen LogP contribution < -0.4 is 4.90 Å². The molecule has 130 valence electrons. The van der Waals surface area contributed by atoms with Crippen LogP contribution in [0, 0.1) is 0 Å². The van der Waals surface area contributed by atoms with Crippen molar-refractivity contribution in [3.8, 4) is 0 Å². The zero-order valence-corrected chi connectivity index (χ0v) is 15.4. The second-order valence-corrected chi connectivity index (χ2v) is 6.93. The van der Waals surface area contributed by atoms with Crippen LogP contribution in [0.1, 0.15) is 27.6 Å². The van der Waals surface area contributed by atoms with Crippen LogP contribution >= 0.6 is 11.8 Å². The number of benzene rings is 2. The van der Waals surface area contributed by atoms with Crippen molar-refractivity contribution < 1.29 is 9.59 Å². The van der Waals surface area contributed by atoms with E-state index in [-0.39, 0.29) is 11.7 Å². The fraction of sp³-hybridized carbons (Fsp3) is 0.300. The Kier molecular flexibility index (Phi) is 5.43. The number of amides is 1. The quantitative estimate of drug-likeness (QED) is 0.622. The van der Waals surface area contributed by atoms with Crippen molar-refractivity contribution in [3.05, 3.63) is 59.7 Å². The van der Waals surface area contributed by atoms with E-state index < -0.39 is 0 Å². The predicted molar refractivity (Wildman–Crippen MR) is 103 cm³/mol. The highest BCUT2D eigenvalue weighted by molar-refractivity contribution is 7.98. The number of thioether (sulfide) groups is 1. The number of rotatable bonds is 4. The molecule has 2 aromatic rings. The molecule has 25 heavy (non-hydrogen) atoms. The number of Topliss-reactive ketones (excluding diaryl/α,β-unsaturated/α-hetero) is 1. The van der Waals surface area contributed by atoms with E-state index in [1.165, 1.54) is 0 Å². The molecule has 4 nitrogen and oxygen atoms in total. The van der Waals surface area contributed by atoms with Gasteiger partial charge in [-0.3, -0.25) is 9.59 Å². The maximum atomic E-state index is 12.8. The predicted octanol–water partition coefficient (Wildman–Crippen LogP) is 3.57. The second-order valence-electron chi connectivity index (χ2n) is 6.08. The number of carbonyl (C=O) groups excluding carboxylic acids is 2. The van der Waals surface area contributed by atoms with Crippen LogP contribution in [0.15, 0.2) is 53.4 Å². The molecule has 0 saturated carbocycles. The summed E-state index contributed by atoms with van der Waals surface area (Å²) in [7, 11) is 0. The Bertz CT molecular complexity index is 766. The van der Waals surface area contributed by atoms with Gasteiger partial charge in [0, 0.05) is 42.3 Å². The van der Waals surface area contributed by atoms with Gasteiger partial charge in [0.25, 0.3) is 5.91 Å². The molecule has 0 unspecified atom stereocenters. The van der Waals surface area contributed by atoms with Gasteiger partial charge >= 0.3 is 0 Å². The summed E-state index contributed by atoms with van der Waals surface area (Å²) in [5, 5.41) is 0. The van der Waals surface area contributed by atoms with Gasteiger partial charge in [-0.05, 0) is 49.6 Å². The Balaban J connectivity index is 1.65. The first-order valence-electron chi connectivity index (χ1n) is 8.38. The number of carbonyl (C=O) groups is 2. The van der Waals surface area contributed by atoms with Gasteiger partial charge in [0.2, 0.25) is 0 Å². The van der Waals surface area contributed by atoms with E-state index in [4.69, 9.17) is 0 Å². The lowest BCUT2D eigenvalue weighted by molar-refractivity contribution is 0.0743. The van der Waals surface area contributed by atoms with Gasteiger partial charge in [0.1, 0.15) is 0 Å². The molecule has 5 heteroatoms. The molecule has 1 aliphatic rings. The maximum Gasteiger partial charge on any atom is 0.255 e. The summed E-state index contributed by atoms with van der Waals surface area (Å²) in [6.45, 7) is 4.58. The Morgan fingerprint density at radius 3 is 2.16 bits per heavy atom. The van der Waals surface area contributed by atoms with E-state index in [2.05, 4.69) is 4.90 Å². The van der Waals surface area contributed by atoms with Gasteiger partial charge in [-0.2, -0.15) is 0 Å². The van der Waals surface area contributed by atoms with Crippen LogP contribution in [-0.4, -0.2) is 49.0 Å². The molecule has 0 spiro atoms. The van der Waals surface area contributed by atoms with Crippen LogP contribution in [0.3, 0.4) is 0 Å². The molecule has 0 N–H and O–H groups in total. The molecule has 0 aromatic heterocycles. The fourth-order valence-electron chi connectivity index (χ4n) is 3.07. The highest BCUT2D eigenvalue weighted by atomic mass is 32.2. The van der Waals surface area contributed by atoms with E-state index in [1.54, 1.807) is 18.7 Å². The van der Waals surface area contributed by atoms with Crippen molar-refractivity contribution in [1.82, 2.24) is 4.90 Å². The third-order valence-electron chi connectivity index (χ3n) is 4.54. The van der Waals surface area contributed by atoms with Crippen LogP contribution in [0.2, 0.25) is 0 Å². The molecule has 0 aliphatic carbocycles. The van der Waals surface area contributed by atoms with Gasteiger partial charge in [0.15, 0.2) is 5.78 Å². The largest absolute Gasteiger partial charge is 0.368 e. The van der Waals surface area contributed by atoms with Gasteiger partial charge < -0.3 is 9.80 Å². The van der Waals surface area contributed by atoms with Gasteiger partial charge in [-0.1, -0.05) is 12.1 Å². The molecule has 0 bridgehead atoms. The first-order valence-corrected chi connectivity index (χ1v) is 9.61. The molecule has 1 aliphatic heterocycles. The van der Waals surface area contributed by atoms with Gasteiger partial charge in [-0.15, -0.1) is 11.8 Å². The summed E-state index contributed by atoms with van der Waals surface area (Å²) in [6, 6.07) is 15.5. The van der Waals surface area contributed by atoms with E-state index in [1.807, 2.05) is 59.7 Å².